The van der Waals surface area contributed by atoms with E-state index in [-0.39, 0.29) is 11.4 Å². The van der Waals surface area contributed by atoms with Crippen LogP contribution < -0.4 is 10.2 Å². The van der Waals surface area contributed by atoms with Crippen molar-refractivity contribution in [2.24, 2.45) is 5.10 Å². The number of non-ortho nitro benzene ring substituents is 1. The lowest BCUT2D eigenvalue weighted by Gasteiger charge is -2.12. The highest BCUT2D eigenvalue weighted by molar-refractivity contribution is 9.11. The first-order valence-electron chi connectivity index (χ1n) is 8.73. The second-order valence-corrected chi connectivity index (χ2v) is 7.94. The molecule has 0 spiro atoms. The van der Waals surface area contributed by atoms with Gasteiger partial charge in [-0.2, -0.15) is 5.10 Å². The Kier molecular flexibility index (Phi) is 7.32. The molecule has 31 heavy (non-hydrogen) atoms. The molecule has 0 radical (unpaired) electrons. The van der Waals surface area contributed by atoms with Gasteiger partial charge in [0.2, 0.25) is 0 Å². The van der Waals surface area contributed by atoms with E-state index in [0.717, 1.165) is 22.2 Å². The largest absolute Gasteiger partial charge is 0.487 e. The summed E-state index contributed by atoms with van der Waals surface area (Å²) in [6, 6.07) is 16.5. The monoisotopic (exact) mass is 548 g/mol. The van der Waals surface area contributed by atoms with E-state index in [9.17, 15) is 20.2 Å². The van der Waals surface area contributed by atoms with Gasteiger partial charge >= 0.3 is 5.69 Å². The van der Waals surface area contributed by atoms with E-state index >= 15 is 0 Å². The van der Waals surface area contributed by atoms with Crippen LogP contribution in [0, 0.1) is 20.2 Å². The summed E-state index contributed by atoms with van der Waals surface area (Å²) in [4.78, 5) is 20.7. The fourth-order valence-electron chi connectivity index (χ4n) is 2.61. The summed E-state index contributed by atoms with van der Waals surface area (Å²) in [5.41, 5.74) is 3.34. The lowest BCUT2D eigenvalue weighted by atomic mass is 10.2. The average Bonchev–Trinajstić information content (AvgIpc) is 2.73. The quantitative estimate of drug-likeness (QED) is 0.207. The molecule has 0 saturated carbocycles. The molecule has 0 unspecified atom stereocenters. The highest BCUT2D eigenvalue weighted by Crippen LogP contribution is 2.33. The average molecular weight is 550 g/mol. The maximum Gasteiger partial charge on any atom is 0.301 e. The van der Waals surface area contributed by atoms with E-state index in [4.69, 9.17) is 4.74 Å². The molecule has 3 aromatic rings. The van der Waals surface area contributed by atoms with E-state index < -0.39 is 15.5 Å². The van der Waals surface area contributed by atoms with Gasteiger partial charge in [-0.25, -0.2) is 0 Å². The molecule has 3 rings (SSSR count). The highest BCUT2D eigenvalue weighted by atomic mass is 79.9. The first-order chi connectivity index (χ1) is 14.8. The Morgan fingerprint density at radius 3 is 2.42 bits per heavy atom. The van der Waals surface area contributed by atoms with Gasteiger partial charge in [0.05, 0.1) is 26.6 Å². The van der Waals surface area contributed by atoms with Gasteiger partial charge in [0.25, 0.3) is 5.69 Å². The zero-order valence-corrected chi connectivity index (χ0v) is 18.9. The van der Waals surface area contributed by atoms with Gasteiger partial charge in [-0.3, -0.25) is 25.7 Å². The highest BCUT2D eigenvalue weighted by Gasteiger charge is 2.19. The molecule has 0 aliphatic rings. The zero-order chi connectivity index (χ0) is 22.4. The van der Waals surface area contributed by atoms with Crippen molar-refractivity contribution >= 4 is 55.1 Å². The maximum atomic E-state index is 11.3. The van der Waals surface area contributed by atoms with Crippen LogP contribution >= 0.6 is 31.9 Å². The number of halogens is 2. The Hall–Kier alpha value is -3.31. The lowest BCUT2D eigenvalue weighted by Crippen LogP contribution is -2.01. The number of hydrogen-bond acceptors (Lipinski definition) is 7. The first-order valence-corrected chi connectivity index (χ1v) is 10.3. The number of rotatable bonds is 8. The fourth-order valence-corrected chi connectivity index (χ4v) is 3.98. The lowest BCUT2D eigenvalue weighted by molar-refractivity contribution is -0.393. The Labute approximate surface area is 193 Å². The summed E-state index contributed by atoms with van der Waals surface area (Å²) in [5, 5.41) is 26.2. The molecule has 158 valence electrons. The molecule has 0 amide bonds. The van der Waals surface area contributed by atoms with Gasteiger partial charge in [0.1, 0.15) is 18.0 Å². The third-order valence-electron chi connectivity index (χ3n) is 4.04. The minimum Gasteiger partial charge on any atom is -0.487 e. The molecule has 0 saturated heterocycles. The van der Waals surface area contributed by atoms with Crippen molar-refractivity contribution in [2.75, 3.05) is 5.43 Å². The van der Waals surface area contributed by atoms with Gasteiger partial charge < -0.3 is 4.74 Å². The van der Waals surface area contributed by atoms with Gasteiger partial charge in [0, 0.05) is 16.1 Å². The molecule has 1 N–H and O–H groups in total. The molecule has 9 nitrogen and oxygen atoms in total. The summed E-state index contributed by atoms with van der Waals surface area (Å²) in [6.07, 6.45) is 1.45. The van der Waals surface area contributed by atoms with Crippen LogP contribution in [0.5, 0.6) is 5.75 Å². The molecule has 0 aromatic heterocycles. The number of nitro benzene ring substituents is 2. The number of hydrogen-bond donors (Lipinski definition) is 1. The Morgan fingerprint density at radius 2 is 1.74 bits per heavy atom. The van der Waals surface area contributed by atoms with E-state index in [1.54, 1.807) is 6.07 Å². The smallest absolute Gasteiger partial charge is 0.301 e. The Bertz CT molecular complexity index is 1160. The molecule has 11 heteroatoms. The summed E-state index contributed by atoms with van der Waals surface area (Å²) in [5.74, 6) is 0.538. The topological polar surface area (TPSA) is 120 Å². The van der Waals surface area contributed by atoms with Crippen LogP contribution in [0.1, 0.15) is 11.1 Å². The number of benzene rings is 3. The van der Waals surface area contributed by atoms with Crippen molar-refractivity contribution in [1.29, 1.82) is 0 Å². The molecular weight excluding hydrogens is 536 g/mol. The molecule has 0 bridgehead atoms. The Morgan fingerprint density at radius 1 is 1.00 bits per heavy atom. The third-order valence-corrected chi connectivity index (χ3v) is 5.09. The number of hydrazone groups is 1. The van der Waals surface area contributed by atoms with Crippen molar-refractivity contribution in [1.82, 2.24) is 0 Å². The van der Waals surface area contributed by atoms with Crippen molar-refractivity contribution in [3.05, 3.63) is 101 Å². The first kappa shape index (κ1) is 22.4. The third kappa shape index (κ3) is 5.86. The number of nitro groups is 2. The van der Waals surface area contributed by atoms with Crippen LogP contribution in [0.3, 0.4) is 0 Å². The van der Waals surface area contributed by atoms with E-state index in [1.165, 1.54) is 12.3 Å². The second-order valence-electron chi connectivity index (χ2n) is 6.17. The minimum atomic E-state index is -0.713. The SMILES string of the molecule is O=[N+]([O-])c1ccc(N/N=C\c2cc(Br)cc(Br)c2OCc2ccccc2)c([N+](=O)[O-])c1. The normalized spacial score (nSPS) is 10.8. The van der Waals surface area contributed by atoms with E-state index in [0.29, 0.717) is 22.4 Å². The number of nitrogens with zero attached hydrogens (tertiary/aromatic N) is 3. The standard InChI is InChI=1S/C20H14Br2N4O5/c21-15-8-14(20(17(22)9-15)31-12-13-4-2-1-3-5-13)11-23-24-18-7-6-16(25(27)28)10-19(18)26(29)30/h1-11,24H,12H2/b23-11-. The fraction of sp³-hybridized carbons (Fsp3) is 0.0500. The molecule has 0 aliphatic heterocycles. The van der Waals surface area contributed by atoms with Crippen molar-refractivity contribution in [3.63, 3.8) is 0 Å². The van der Waals surface area contributed by atoms with Crippen molar-refractivity contribution < 1.29 is 14.6 Å². The predicted octanol–water partition coefficient (Wildman–Crippen LogP) is 6.05. The second kappa shape index (κ2) is 10.1. The van der Waals surface area contributed by atoms with Gasteiger partial charge in [-0.15, -0.1) is 0 Å². The molecule has 0 atom stereocenters. The zero-order valence-electron chi connectivity index (χ0n) is 15.7. The van der Waals surface area contributed by atoms with E-state index in [2.05, 4.69) is 42.4 Å². The number of nitrogens with one attached hydrogen (secondary N) is 1. The van der Waals surface area contributed by atoms with Crippen LogP contribution in [0.25, 0.3) is 0 Å². The molecular formula is C20H14Br2N4O5. The number of anilines is 1. The maximum absolute atomic E-state index is 11.3. The van der Waals surface area contributed by atoms with Crippen LogP contribution in [0.2, 0.25) is 0 Å². The minimum absolute atomic E-state index is 0.0210. The van der Waals surface area contributed by atoms with Crippen molar-refractivity contribution in [3.8, 4) is 5.75 Å². The molecule has 0 fully saturated rings. The van der Waals surface area contributed by atoms with Gasteiger partial charge in [-0.1, -0.05) is 46.3 Å². The number of ether oxygens (including phenoxy) is 1. The summed E-state index contributed by atoms with van der Waals surface area (Å²) in [6.45, 7) is 0.336. The summed E-state index contributed by atoms with van der Waals surface area (Å²) < 4.78 is 7.41. The van der Waals surface area contributed by atoms with Crippen LogP contribution in [0.15, 0.2) is 74.7 Å². The molecule has 0 heterocycles. The van der Waals surface area contributed by atoms with Gasteiger partial charge in [-0.05, 0) is 39.7 Å². The summed E-state index contributed by atoms with van der Waals surface area (Å²) >= 11 is 6.88. The molecule has 0 aliphatic carbocycles. The van der Waals surface area contributed by atoms with Crippen molar-refractivity contribution in [2.45, 2.75) is 6.61 Å². The Balaban J connectivity index is 1.84. The predicted molar refractivity (Wildman–Crippen MR) is 124 cm³/mol. The van der Waals surface area contributed by atoms with Crippen LogP contribution in [-0.4, -0.2) is 16.1 Å². The van der Waals surface area contributed by atoms with Crippen LogP contribution in [0.4, 0.5) is 17.1 Å². The summed E-state index contributed by atoms with van der Waals surface area (Å²) in [7, 11) is 0. The van der Waals surface area contributed by atoms with E-state index in [1.807, 2.05) is 36.4 Å². The van der Waals surface area contributed by atoms with Crippen LogP contribution in [-0.2, 0) is 6.61 Å². The molecule has 3 aromatic carbocycles. The van der Waals surface area contributed by atoms with Gasteiger partial charge in [0.15, 0.2) is 0 Å².